The zero-order valence-electron chi connectivity index (χ0n) is 28.6. The van der Waals surface area contributed by atoms with Crippen LogP contribution in [0.2, 0.25) is 0 Å². The summed E-state index contributed by atoms with van der Waals surface area (Å²) in [7, 11) is 8.46. The Morgan fingerprint density at radius 2 is 1.14 bits per heavy atom. The van der Waals surface area contributed by atoms with Crippen molar-refractivity contribution in [2.75, 3.05) is 38.0 Å². The van der Waals surface area contributed by atoms with E-state index < -0.39 is 0 Å². The fraction of sp³-hybridized carbons (Fsp3) is 0.450. The monoisotopic (exact) mass is 626 g/mol. The van der Waals surface area contributed by atoms with Gasteiger partial charge in [-0.1, -0.05) is 76.6 Å². The number of hydrogen-bond donors (Lipinski definition) is 0. The van der Waals surface area contributed by atoms with Crippen molar-refractivity contribution < 1.29 is 0 Å². The number of anilines is 2. The van der Waals surface area contributed by atoms with Crippen molar-refractivity contribution in [3.8, 4) is 0 Å². The first-order valence-electron chi connectivity index (χ1n) is 16.7. The molecule has 2 nitrogen and oxygen atoms in total. The number of aryl methyl sites for hydroxylation is 3. The molecule has 0 amide bonds. The van der Waals surface area contributed by atoms with Gasteiger partial charge in [0.15, 0.2) is 0 Å². The lowest BCUT2D eigenvalue weighted by Gasteiger charge is -2.14. The van der Waals surface area contributed by atoms with Gasteiger partial charge in [-0.2, -0.15) is 0 Å². The van der Waals surface area contributed by atoms with Crippen molar-refractivity contribution in [2.24, 2.45) is 0 Å². The van der Waals surface area contributed by atoms with Crippen molar-refractivity contribution in [2.45, 2.75) is 91.9 Å². The van der Waals surface area contributed by atoms with Crippen LogP contribution in [0.4, 0.5) is 11.4 Å². The van der Waals surface area contributed by atoms with Gasteiger partial charge < -0.3 is 9.80 Å². The van der Waals surface area contributed by atoms with E-state index in [1.54, 1.807) is 0 Å². The number of nitrogens with zero attached hydrogens (tertiary/aromatic N) is 2. The van der Waals surface area contributed by atoms with Crippen molar-refractivity contribution in [1.82, 2.24) is 0 Å². The predicted octanol–water partition coefficient (Wildman–Crippen LogP) is 9.96. The van der Waals surface area contributed by atoms with Crippen LogP contribution in [-0.2, 0) is 12.8 Å². The molecule has 0 aliphatic rings. The number of rotatable bonds is 15. The van der Waals surface area contributed by atoms with Crippen molar-refractivity contribution >= 4 is 45.2 Å². The van der Waals surface area contributed by atoms with Gasteiger partial charge in [0.1, 0.15) is 0 Å². The zero-order chi connectivity index (χ0) is 31.6. The van der Waals surface area contributed by atoms with Crippen LogP contribution in [0.1, 0.15) is 104 Å². The summed E-state index contributed by atoms with van der Waals surface area (Å²) in [4.78, 5) is 7.24. The molecule has 0 aliphatic carbocycles. The van der Waals surface area contributed by atoms with Crippen LogP contribution >= 0.6 is 22.7 Å². The van der Waals surface area contributed by atoms with Crippen LogP contribution in [0.15, 0.2) is 60.7 Å². The van der Waals surface area contributed by atoms with E-state index in [1.165, 1.54) is 115 Å². The molecule has 0 radical (unpaired) electrons. The SMILES string of the molecule is CCCCCCc1cc(C)sc1/C(c1ccc(N(C)C)cc1)=c1/cc(CCCCCC)/c(=C(/C)c2ccc(N(C)C)cc2)s1. The van der Waals surface area contributed by atoms with E-state index in [1.807, 2.05) is 22.7 Å². The Bertz CT molecular complexity index is 1580. The molecular formula is C40H54N2S2. The summed E-state index contributed by atoms with van der Waals surface area (Å²) in [6.07, 6.45) is 12.6. The highest BCUT2D eigenvalue weighted by Crippen LogP contribution is 2.34. The molecule has 0 bridgehead atoms. The van der Waals surface area contributed by atoms with Crippen LogP contribution in [-0.4, -0.2) is 28.2 Å². The Morgan fingerprint density at radius 1 is 0.614 bits per heavy atom. The molecule has 0 unspecified atom stereocenters. The lowest BCUT2D eigenvalue weighted by atomic mass is 9.97. The van der Waals surface area contributed by atoms with E-state index in [9.17, 15) is 0 Å². The Hall–Kier alpha value is -2.82. The van der Waals surface area contributed by atoms with Crippen LogP contribution in [0.5, 0.6) is 0 Å². The number of unbranched alkanes of at least 4 members (excludes halogenated alkanes) is 6. The smallest absolute Gasteiger partial charge is 0.0397 e. The van der Waals surface area contributed by atoms with Crippen molar-refractivity contribution in [1.29, 1.82) is 0 Å². The third kappa shape index (κ3) is 8.67. The fourth-order valence-electron chi connectivity index (χ4n) is 5.96. The molecule has 0 saturated carbocycles. The van der Waals surface area contributed by atoms with E-state index in [0.717, 1.165) is 12.8 Å². The minimum absolute atomic E-state index is 1.14. The van der Waals surface area contributed by atoms with Gasteiger partial charge in [0.25, 0.3) is 0 Å². The summed E-state index contributed by atoms with van der Waals surface area (Å²) < 4.78 is 2.86. The minimum Gasteiger partial charge on any atom is -0.378 e. The van der Waals surface area contributed by atoms with Crippen LogP contribution in [0.3, 0.4) is 0 Å². The standard InChI is InChI=1S/C40H54N2S2/c1-9-11-13-15-17-33-27-29(3)43-40(33)38(32-21-25-36(26-22-32)42(7)8)37-28-34(18-16-14-12-10-2)39(44-37)30(4)31-19-23-35(24-20-31)41(5)6/h19-28H,9-18H2,1-8H3/b38-37-,39-30+. The summed E-state index contributed by atoms with van der Waals surface area (Å²) in [6.45, 7) is 9.21. The van der Waals surface area contributed by atoms with Gasteiger partial charge >= 0.3 is 0 Å². The topological polar surface area (TPSA) is 6.48 Å². The molecule has 0 atom stereocenters. The normalized spacial score (nSPS) is 12.8. The Morgan fingerprint density at radius 3 is 1.66 bits per heavy atom. The molecule has 236 valence electrons. The van der Waals surface area contributed by atoms with Gasteiger partial charge in [-0.3, -0.25) is 0 Å². The summed E-state index contributed by atoms with van der Waals surface area (Å²) in [6, 6.07) is 23.3. The molecule has 0 aliphatic heterocycles. The molecule has 4 aromatic rings. The average molecular weight is 627 g/mol. The summed E-state index contributed by atoms with van der Waals surface area (Å²) in [5, 5.41) is 0. The fourth-order valence-corrected chi connectivity index (χ4v) is 8.47. The first-order valence-corrected chi connectivity index (χ1v) is 18.4. The second kappa shape index (κ2) is 16.5. The number of hydrogen-bond acceptors (Lipinski definition) is 4. The molecule has 0 N–H and O–H groups in total. The van der Waals surface area contributed by atoms with Gasteiger partial charge in [-0.25, -0.2) is 0 Å². The molecule has 2 aromatic heterocycles. The van der Waals surface area contributed by atoms with E-state index in [0.29, 0.717) is 0 Å². The molecule has 2 aromatic carbocycles. The third-order valence-corrected chi connectivity index (χ3v) is 11.1. The Labute approximate surface area is 275 Å². The quantitative estimate of drug-likeness (QED) is 0.121. The number of thiophene rings is 2. The average Bonchev–Trinajstić information content (AvgIpc) is 3.60. The second-order valence-corrected chi connectivity index (χ2v) is 15.0. The maximum absolute atomic E-state index is 2.55. The van der Waals surface area contributed by atoms with Crippen LogP contribution in [0, 0.1) is 6.92 Å². The Kier molecular flexibility index (Phi) is 12.8. The molecule has 0 fully saturated rings. The highest BCUT2D eigenvalue weighted by molar-refractivity contribution is 7.13. The molecule has 0 spiro atoms. The van der Waals surface area contributed by atoms with Crippen LogP contribution in [0.25, 0.3) is 11.1 Å². The second-order valence-electron chi connectivity index (χ2n) is 12.7. The van der Waals surface area contributed by atoms with Gasteiger partial charge in [0, 0.05) is 64.0 Å². The molecule has 4 rings (SSSR count). The lowest BCUT2D eigenvalue weighted by Crippen LogP contribution is -2.09. The Balaban J connectivity index is 1.95. The molecule has 2 heterocycles. The summed E-state index contributed by atoms with van der Waals surface area (Å²) in [5.41, 5.74) is 11.0. The minimum atomic E-state index is 1.14. The first-order chi connectivity index (χ1) is 21.2. The van der Waals surface area contributed by atoms with Gasteiger partial charge in [-0.05, 0) is 104 Å². The summed E-state index contributed by atoms with van der Waals surface area (Å²) >= 11 is 3.99. The maximum atomic E-state index is 2.55. The highest BCUT2D eigenvalue weighted by Gasteiger charge is 2.17. The van der Waals surface area contributed by atoms with Gasteiger partial charge in [0.05, 0.1) is 0 Å². The first kappa shape index (κ1) is 34.1. The van der Waals surface area contributed by atoms with Crippen molar-refractivity contribution in [3.63, 3.8) is 0 Å². The summed E-state index contributed by atoms with van der Waals surface area (Å²) in [5.74, 6) is 0. The number of benzene rings is 2. The predicted molar refractivity (Wildman–Crippen MR) is 200 cm³/mol. The lowest BCUT2D eigenvalue weighted by molar-refractivity contribution is 0.666. The van der Waals surface area contributed by atoms with E-state index in [4.69, 9.17) is 0 Å². The largest absolute Gasteiger partial charge is 0.378 e. The van der Waals surface area contributed by atoms with E-state index in [2.05, 4.69) is 126 Å². The molecule has 44 heavy (non-hydrogen) atoms. The molecular weight excluding hydrogens is 573 g/mol. The van der Waals surface area contributed by atoms with E-state index >= 15 is 0 Å². The van der Waals surface area contributed by atoms with Gasteiger partial charge in [-0.15, -0.1) is 22.7 Å². The van der Waals surface area contributed by atoms with Gasteiger partial charge in [0.2, 0.25) is 0 Å². The third-order valence-electron chi connectivity index (χ3n) is 8.64. The van der Waals surface area contributed by atoms with Crippen LogP contribution < -0.4 is 18.9 Å². The maximum Gasteiger partial charge on any atom is 0.0397 e. The molecule has 0 saturated heterocycles. The van der Waals surface area contributed by atoms with Crippen molar-refractivity contribution in [3.05, 3.63) is 102 Å². The highest BCUT2D eigenvalue weighted by atomic mass is 32.1. The van der Waals surface area contributed by atoms with E-state index in [-0.39, 0.29) is 0 Å². The zero-order valence-corrected chi connectivity index (χ0v) is 30.2. The molecule has 4 heteroatoms.